The fourth-order valence-electron chi connectivity index (χ4n) is 3.29. The number of carbonyl (C=O) groups is 1. The molecule has 1 saturated heterocycles. The lowest BCUT2D eigenvalue weighted by molar-refractivity contribution is -0.144. The third-order valence-electron chi connectivity index (χ3n) is 4.25. The van der Waals surface area contributed by atoms with Gasteiger partial charge in [-0.1, -0.05) is 6.92 Å². The van der Waals surface area contributed by atoms with Gasteiger partial charge in [-0.05, 0) is 18.4 Å². The van der Waals surface area contributed by atoms with Crippen molar-refractivity contribution in [1.29, 1.82) is 0 Å². The standard InChI is InChI=1S/C16H21NO5/c1-10-3-12(16(18)19)8-17(6-10)7-11-4-14-15(22-9-21-14)5-13(11)20-2/h4-5,10,12H,3,6-9H2,1-2H3,(H,18,19). The van der Waals surface area contributed by atoms with Gasteiger partial charge in [0.2, 0.25) is 6.79 Å². The van der Waals surface area contributed by atoms with Crippen LogP contribution in [0, 0.1) is 11.8 Å². The van der Waals surface area contributed by atoms with Crippen LogP contribution in [0.1, 0.15) is 18.9 Å². The molecule has 2 aliphatic rings. The molecule has 2 atom stereocenters. The van der Waals surface area contributed by atoms with Gasteiger partial charge in [0.1, 0.15) is 5.75 Å². The third kappa shape index (κ3) is 2.97. The van der Waals surface area contributed by atoms with Gasteiger partial charge in [0.25, 0.3) is 0 Å². The summed E-state index contributed by atoms with van der Waals surface area (Å²) in [5, 5.41) is 9.28. The molecule has 6 heteroatoms. The Bertz CT molecular complexity index is 574. The van der Waals surface area contributed by atoms with Crippen LogP contribution < -0.4 is 14.2 Å². The number of piperidine rings is 1. The smallest absolute Gasteiger partial charge is 0.307 e. The van der Waals surface area contributed by atoms with Crippen LogP contribution >= 0.6 is 0 Å². The van der Waals surface area contributed by atoms with Crippen LogP contribution in [0.2, 0.25) is 0 Å². The molecule has 0 spiro atoms. The van der Waals surface area contributed by atoms with E-state index in [0.717, 1.165) is 30.0 Å². The van der Waals surface area contributed by atoms with E-state index < -0.39 is 5.97 Å². The zero-order valence-electron chi connectivity index (χ0n) is 12.9. The number of hydrogen-bond acceptors (Lipinski definition) is 5. The topological polar surface area (TPSA) is 68.2 Å². The van der Waals surface area contributed by atoms with Gasteiger partial charge < -0.3 is 19.3 Å². The van der Waals surface area contributed by atoms with Crippen molar-refractivity contribution in [3.8, 4) is 17.2 Å². The van der Waals surface area contributed by atoms with E-state index in [2.05, 4.69) is 11.8 Å². The van der Waals surface area contributed by atoms with Crippen LogP contribution in [0.3, 0.4) is 0 Å². The predicted molar refractivity (Wildman–Crippen MR) is 79.3 cm³/mol. The molecule has 2 aliphatic heterocycles. The van der Waals surface area contributed by atoms with Crippen molar-refractivity contribution in [3.05, 3.63) is 17.7 Å². The second-order valence-electron chi connectivity index (χ2n) is 6.09. The molecule has 6 nitrogen and oxygen atoms in total. The Morgan fingerprint density at radius 2 is 2.09 bits per heavy atom. The van der Waals surface area contributed by atoms with Gasteiger partial charge in [0.05, 0.1) is 13.0 Å². The Kier molecular flexibility index (Phi) is 4.11. The highest BCUT2D eigenvalue weighted by Gasteiger charge is 2.30. The Morgan fingerprint density at radius 3 is 2.77 bits per heavy atom. The van der Waals surface area contributed by atoms with Crippen LogP contribution in [-0.4, -0.2) is 43.0 Å². The number of aliphatic carboxylic acids is 1. The van der Waals surface area contributed by atoms with Crippen LogP contribution in [0.15, 0.2) is 12.1 Å². The maximum absolute atomic E-state index is 11.3. The molecule has 1 fully saturated rings. The van der Waals surface area contributed by atoms with Crippen molar-refractivity contribution in [3.63, 3.8) is 0 Å². The van der Waals surface area contributed by atoms with Crippen LogP contribution in [0.5, 0.6) is 17.2 Å². The first-order chi connectivity index (χ1) is 10.6. The third-order valence-corrected chi connectivity index (χ3v) is 4.25. The summed E-state index contributed by atoms with van der Waals surface area (Å²) in [7, 11) is 1.62. The minimum atomic E-state index is -0.714. The molecule has 3 rings (SSSR count). The quantitative estimate of drug-likeness (QED) is 0.917. The lowest BCUT2D eigenvalue weighted by atomic mass is 9.90. The number of rotatable bonds is 4. The first-order valence-corrected chi connectivity index (χ1v) is 7.48. The molecule has 0 radical (unpaired) electrons. The molecular weight excluding hydrogens is 286 g/mol. The number of carboxylic acids is 1. The summed E-state index contributed by atoms with van der Waals surface area (Å²) in [5.74, 6) is 1.51. The van der Waals surface area contributed by atoms with Crippen molar-refractivity contribution in [2.24, 2.45) is 11.8 Å². The van der Waals surface area contributed by atoms with Crippen molar-refractivity contribution in [2.75, 3.05) is 27.0 Å². The van der Waals surface area contributed by atoms with Gasteiger partial charge in [-0.3, -0.25) is 9.69 Å². The van der Waals surface area contributed by atoms with Gasteiger partial charge in [-0.2, -0.15) is 0 Å². The largest absolute Gasteiger partial charge is 0.496 e. The number of methoxy groups -OCH3 is 1. The van der Waals surface area contributed by atoms with E-state index >= 15 is 0 Å². The Balaban J connectivity index is 1.78. The lowest BCUT2D eigenvalue weighted by Crippen LogP contribution is -2.42. The van der Waals surface area contributed by atoms with Crippen LogP contribution in [-0.2, 0) is 11.3 Å². The van der Waals surface area contributed by atoms with E-state index in [9.17, 15) is 9.90 Å². The number of benzene rings is 1. The molecule has 0 amide bonds. The van der Waals surface area contributed by atoms with Gasteiger partial charge >= 0.3 is 5.97 Å². The van der Waals surface area contributed by atoms with Crippen LogP contribution in [0.25, 0.3) is 0 Å². The monoisotopic (exact) mass is 307 g/mol. The SMILES string of the molecule is COc1cc2c(cc1CN1CC(C)CC(C(=O)O)C1)OCO2. The van der Waals surface area contributed by atoms with Gasteiger partial charge in [0.15, 0.2) is 11.5 Å². The second-order valence-corrected chi connectivity index (χ2v) is 6.09. The van der Waals surface area contributed by atoms with Gasteiger partial charge in [0, 0.05) is 31.3 Å². The van der Waals surface area contributed by atoms with Crippen molar-refractivity contribution in [2.45, 2.75) is 19.9 Å². The van der Waals surface area contributed by atoms with E-state index in [1.165, 1.54) is 0 Å². The summed E-state index contributed by atoms with van der Waals surface area (Å²) in [6, 6.07) is 3.76. The zero-order chi connectivity index (χ0) is 15.7. The van der Waals surface area contributed by atoms with Crippen molar-refractivity contribution >= 4 is 5.97 Å². The summed E-state index contributed by atoms with van der Waals surface area (Å²) >= 11 is 0. The summed E-state index contributed by atoms with van der Waals surface area (Å²) in [6.45, 7) is 4.43. The minimum Gasteiger partial charge on any atom is -0.496 e. The highest BCUT2D eigenvalue weighted by atomic mass is 16.7. The number of nitrogens with zero attached hydrogens (tertiary/aromatic N) is 1. The Hall–Kier alpha value is -1.95. The maximum Gasteiger partial charge on any atom is 0.307 e. The molecular formula is C16H21NO5. The first-order valence-electron chi connectivity index (χ1n) is 7.48. The number of ether oxygens (including phenoxy) is 3. The van der Waals surface area contributed by atoms with E-state index in [0.29, 0.717) is 24.8 Å². The molecule has 0 bridgehead atoms. The van der Waals surface area contributed by atoms with E-state index in [1.54, 1.807) is 7.11 Å². The number of likely N-dealkylation sites (tertiary alicyclic amines) is 1. The lowest BCUT2D eigenvalue weighted by Gasteiger charge is -2.34. The van der Waals surface area contributed by atoms with Gasteiger partial charge in [-0.15, -0.1) is 0 Å². The normalized spacial score (nSPS) is 24.3. The summed E-state index contributed by atoms with van der Waals surface area (Å²) in [5.41, 5.74) is 0.991. The fourth-order valence-corrected chi connectivity index (χ4v) is 3.29. The molecule has 2 unspecified atom stereocenters. The Labute approximate surface area is 129 Å². The summed E-state index contributed by atoms with van der Waals surface area (Å²) in [6.07, 6.45) is 0.740. The Morgan fingerprint density at radius 1 is 1.36 bits per heavy atom. The molecule has 120 valence electrons. The molecule has 22 heavy (non-hydrogen) atoms. The zero-order valence-corrected chi connectivity index (χ0v) is 12.9. The summed E-state index contributed by atoms with van der Waals surface area (Å²) in [4.78, 5) is 13.5. The first kappa shape index (κ1) is 15.0. The fraction of sp³-hybridized carbons (Fsp3) is 0.562. The molecule has 2 heterocycles. The number of carboxylic acid groups (broad SMARTS) is 1. The second kappa shape index (κ2) is 6.04. The van der Waals surface area contributed by atoms with E-state index in [-0.39, 0.29) is 12.7 Å². The highest BCUT2D eigenvalue weighted by Crippen LogP contribution is 2.39. The molecule has 1 N–H and O–H groups in total. The average Bonchev–Trinajstić information content (AvgIpc) is 2.92. The molecule has 0 saturated carbocycles. The number of hydrogen-bond donors (Lipinski definition) is 1. The van der Waals surface area contributed by atoms with Gasteiger partial charge in [-0.25, -0.2) is 0 Å². The minimum absolute atomic E-state index is 0.226. The average molecular weight is 307 g/mol. The molecule has 0 aliphatic carbocycles. The molecule has 0 aromatic heterocycles. The predicted octanol–water partition coefficient (Wildman–Crippen LogP) is 1.97. The van der Waals surface area contributed by atoms with E-state index in [1.807, 2.05) is 12.1 Å². The maximum atomic E-state index is 11.3. The summed E-state index contributed by atoms with van der Waals surface area (Å²) < 4.78 is 16.2. The van der Waals surface area contributed by atoms with Crippen molar-refractivity contribution < 1.29 is 24.1 Å². The molecule has 1 aromatic rings. The van der Waals surface area contributed by atoms with Crippen molar-refractivity contribution in [1.82, 2.24) is 4.90 Å². The van der Waals surface area contributed by atoms with Crippen LogP contribution in [0.4, 0.5) is 0 Å². The molecule has 1 aromatic carbocycles. The number of fused-ring (bicyclic) bond motifs is 1. The van der Waals surface area contributed by atoms with E-state index in [4.69, 9.17) is 14.2 Å². The highest BCUT2D eigenvalue weighted by molar-refractivity contribution is 5.70.